The first-order chi connectivity index (χ1) is 0. The molecule has 0 aromatic heterocycles. The molecule has 0 aliphatic carbocycles. The van der Waals surface area contributed by atoms with E-state index in [-0.39, 0.29) is 163 Å². The van der Waals surface area contributed by atoms with Crippen LogP contribution in [0.25, 0.3) is 0 Å². The van der Waals surface area contributed by atoms with Crippen LogP contribution < -0.4 is 0 Å². The zero-order chi connectivity index (χ0) is 0. The fraction of sp³-hybridized carbons (Fsp3) is 0. The standard InChI is InChI=1S/Gd.Mg.Nd.Y.Zr.2H. The summed E-state index contributed by atoms with van der Waals surface area (Å²) in [6.07, 6.45) is 0. The molecule has 0 amide bonds. The van der Waals surface area contributed by atoms with E-state index in [2.05, 4.69) is 0 Å². The smallest absolute Gasteiger partial charge is 0 e. The Morgan fingerprint density at radius 1 is 1.00 bits per heavy atom. The fourth-order valence-electron chi connectivity index (χ4n) is 0. The van der Waals surface area contributed by atoms with Crippen LogP contribution in [0.15, 0.2) is 0 Å². The van der Waals surface area contributed by atoms with Gasteiger partial charge in [-0.3, -0.25) is 0 Å². The van der Waals surface area contributed by atoms with Gasteiger partial charge in [0.2, 0.25) is 0 Å². The van der Waals surface area contributed by atoms with E-state index < -0.39 is 0 Å². The first kappa shape index (κ1) is 31.5. The Kier molecular flexibility index (Phi) is 143. The first-order valence-corrected chi connectivity index (χ1v) is 0. The molecule has 0 heterocycles. The Labute approximate surface area is 157 Å². The van der Waals surface area contributed by atoms with Crippen molar-refractivity contribution in [3.05, 3.63) is 0 Å². The molecule has 0 aromatic carbocycles. The fourth-order valence-corrected chi connectivity index (χ4v) is 0. The molecule has 5 heteroatoms. The van der Waals surface area contributed by atoms with Gasteiger partial charge in [-0.2, -0.15) is 0 Å². The Morgan fingerprint density at radius 3 is 1.00 bits per heavy atom. The average Bonchev–Trinajstić information content (AvgIpc) is 0. The predicted molar refractivity (Wildman–Crippen MR) is 8.54 cm³/mol. The van der Waals surface area contributed by atoms with Crippen molar-refractivity contribution in [1.82, 2.24) is 0 Å². The third kappa shape index (κ3) is 17.7. The van der Waals surface area contributed by atoms with Crippen molar-refractivity contribution >= 4 is 23.1 Å². The van der Waals surface area contributed by atoms with Crippen molar-refractivity contribution < 1.29 is 140 Å². The molecule has 0 spiro atoms. The van der Waals surface area contributed by atoms with Gasteiger partial charge in [-0.1, -0.05) is 0 Å². The second kappa shape index (κ2) is 22.7. The summed E-state index contributed by atoms with van der Waals surface area (Å²) < 4.78 is 0. The maximum Gasteiger partial charge on any atom is 0.316 e. The predicted octanol–water partition coefficient (Wildman–Crippen LogP) is -0.921. The Hall–Kier alpha value is 5.43. The SMILES string of the molecule is [Gd].[MgH2].[Nd].[Y].[Zr]. The monoisotopic (exact) mass is 505 g/mol. The third-order valence-corrected chi connectivity index (χ3v) is 0. The normalized spacial score (nSPS) is 0. The molecule has 0 aliphatic rings. The minimum Gasteiger partial charge on any atom is 0 e. The van der Waals surface area contributed by atoms with E-state index in [1.54, 1.807) is 0 Å². The van der Waals surface area contributed by atoms with Gasteiger partial charge in [-0.25, -0.2) is 0 Å². The van der Waals surface area contributed by atoms with Crippen molar-refractivity contribution in [2.24, 2.45) is 0 Å². The summed E-state index contributed by atoms with van der Waals surface area (Å²) in [6, 6.07) is 0. The summed E-state index contributed by atoms with van der Waals surface area (Å²) in [5, 5.41) is 0. The average molecular weight is 508 g/mol. The van der Waals surface area contributed by atoms with Gasteiger partial charge in [0.15, 0.2) is 0 Å². The van der Waals surface area contributed by atoms with Crippen LogP contribution in [0.2, 0.25) is 0 Å². The van der Waals surface area contributed by atoms with E-state index in [0.717, 1.165) is 0 Å². The van der Waals surface area contributed by atoms with Gasteiger partial charge in [0.25, 0.3) is 0 Å². The maximum absolute atomic E-state index is 0. The van der Waals surface area contributed by atoms with Crippen molar-refractivity contribution in [2.75, 3.05) is 0 Å². The summed E-state index contributed by atoms with van der Waals surface area (Å²) in [7, 11) is 0. The molecule has 0 rings (SSSR count). The quantitative estimate of drug-likeness (QED) is 0.372. The van der Waals surface area contributed by atoms with Crippen LogP contribution in [-0.4, -0.2) is 23.1 Å². The zero-order valence-corrected chi connectivity index (χ0v) is 12.7. The van der Waals surface area contributed by atoms with E-state index in [0.29, 0.717) is 0 Å². The first-order valence-electron chi connectivity index (χ1n) is 0. The molecule has 23 valence electrons. The second-order valence-electron chi connectivity index (χ2n) is 0. The summed E-state index contributed by atoms with van der Waals surface area (Å²) in [4.78, 5) is 0. The molecule has 0 bridgehead atoms. The van der Waals surface area contributed by atoms with E-state index >= 15 is 0 Å². The van der Waals surface area contributed by atoms with Crippen molar-refractivity contribution in [3.8, 4) is 0 Å². The number of hydrogen-bond donors (Lipinski definition) is 0. The molecule has 0 unspecified atom stereocenters. The van der Waals surface area contributed by atoms with Gasteiger partial charge in [-0.15, -0.1) is 0 Å². The summed E-state index contributed by atoms with van der Waals surface area (Å²) in [5.74, 6) is 0. The molecule has 0 saturated heterocycles. The van der Waals surface area contributed by atoms with Gasteiger partial charge in [-0.05, 0) is 0 Å². The summed E-state index contributed by atoms with van der Waals surface area (Å²) in [5.41, 5.74) is 0. The molecule has 0 fully saturated rings. The third-order valence-electron chi connectivity index (χ3n) is 0. The second-order valence-corrected chi connectivity index (χ2v) is 0. The number of rotatable bonds is 0. The molecule has 0 N–H and O–H groups in total. The molecule has 0 nitrogen and oxygen atoms in total. The molecule has 0 aromatic rings. The molecule has 0 aliphatic heterocycles. The minimum atomic E-state index is 0. The van der Waals surface area contributed by atoms with Crippen LogP contribution in [0, 0.1) is 80.8 Å². The van der Waals surface area contributed by atoms with Gasteiger partial charge in [0.05, 0.1) is 0 Å². The van der Waals surface area contributed by atoms with Gasteiger partial charge in [0, 0.05) is 140 Å². The summed E-state index contributed by atoms with van der Waals surface area (Å²) >= 11 is 0. The molecule has 0 atom stereocenters. The van der Waals surface area contributed by atoms with E-state index in [4.69, 9.17) is 0 Å². The minimum absolute atomic E-state index is 0. The zero-order valence-electron chi connectivity index (χ0n) is 1.93. The van der Waals surface area contributed by atoms with Crippen LogP contribution in [0.4, 0.5) is 0 Å². The molecule has 0 saturated carbocycles. The van der Waals surface area contributed by atoms with Crippen molar-refractivity contribution in [1.29, 1.82) is 0 Å². The van der Waals surface area contributed by atoms with Crippen LogP contribution in [-0.2, 0) is 58.9 Å². The Morgan fingerprint density at radius 2 is 1.00 bits per heavy atom. The van der Waals surface area contributed by atoms with E-state index in [1.807, 2.05) is 0 Å². The van der Waals surface area contributed by atoms with Crippen LogP contribution in [0.5, 0.6) is 0 Å². The van der Waals surface area contributed by atoms with Crippen molar-refractivity contribution in [3.63, 3.8) is 0 Å². The summed E-state index contributed by atoms with van der Waals surface area (Å²) in [6.45, 7) is 0. The Bertz CT molecular complexity index is 11.6. The van der Waals surface area contributed by atoms with Gasteiger partial charge in [0.1, 0.15) is 0 Å². The maximum atomic E-state index is 0. The van der Waals surface area contributed by atoms with E-state index in [1.165, 1.54) is 0 Å². The van der Waals surface area contributed by atoms with Crippen LogP contribution in [0.3, 0.4) is 0 Å². The molecular weight excluding hydrogens is 506 g/mol. The largest absolute Gasteiger partial charge is 0.316 e. The molecular formula is H2GdMgNdYZr. The topological polar surface area (TPSA) is 0 Å². The van der Waals surface area contributed by atoms with Crippen LogP contribution in [0.1, 0.15) is 0 Å². The Balaban J connectivity index is 0. The van der Waals surface area contributed by atoms with Crippen molar-refractivity contribution in [2.45, 2.75) is 0 Å². The van der Waals surface area contributed by atoms with E-state index in [9.17, 15) is 0 Å². The molecule has 1 radical (unpaired) electrons. The van der Waals surface area contributed by atoms with Gasteiger partial charge >= 0.3 is 23.1 Å². The van der Waals surface area contributed by atoms with Crippen LogP contribution >= 0.6 is 0 Å². The number of hydrogen-bond acceptors (Lipinski definition) is 0. The van der Waals surface area contributed by atoms with Gasteiger partial charge < -0.3 is 0 Å². The molecule has 5 heavy (non-hydrogen) atoms.